The van der Waals surface area contributed by atoms with E-state index in [1.807, 2.05) is 19.9 Å². The van der Waals surface area contributed by atoms with Gasteiger partial charge in [0.2, 0.25) is 0 Å². The summed E-state index contributed by atoms with van der Waals surface area (Å²) in [5.74, 6) is 0. The summed E-state index contributed by atoms with van der Waals surface area (Å²) in [6, 6.07) is 2.00. The maximum Gasteiger partial charge on any atom is 0.252 e. The monoisotopic (exact) mass is 257 g/mol. The van der Waals surface area contributed by atoms with Crippen LogP contribution in [-0.2, 0) is 13.0 Å². The molecule has 1 aliphatic heterocycles. The number of pyridine rings is 1. The van der Waals surface area contributed by atoms with E-state index >= 15 is 0 Å². The number of nitrogens with zero attached hydrogens (tertiary/aromatic N) is 1. The Bertz CT molecular complexity index is 436. The third-order valence-electron chi connectivity index (χ3n) is 2.87. The van der Waals surface area contributed by atoms with Gasteiger partial charge in [0.25, 0.3) is 5.56 Å². The molecule has 0 aromatic carbocycles. The number of H-pyrrole nitrogens is 1. The molecule has 17 heavy (non-hydrogen) atoms. The van der Waals surface area contributed by atoms with Crippen LogP contribution in [0, 0.1) is 0 Å². The van der Waals surface area contributed by atoms with E-state index in [2.05, 4.69) is 9.88 Å². The molecule has 1 aromatic heterocycles. The van der Waals surface area contributed by atoms with E-state index in [1.165, 1.54) is 5.56 Å². The minimum atomic E-state index is -0.209. The average Bonchev–Trinajstić information content (AvgIpc) is 2.17. The summed E-state index contributed by atoms with van der Waals surface area (Å²) >= 11 is 0. The van der Waals surface area contributed by atoms with Crippen LogP contribution in [0.25, 0.3) is 0 Å². The molecule has 2 heterocycles. The van der Waals surface area contributed by atoms with Gasteiger partial charge in [-0.2, -0.15) is 0 Å². The van der Waals surface area contributed by atoms with Crippen molar-refractivity contribution in [3.05, 3.63) is 33.7 Å². The Balaban J connectivity index is 0.00000144. The van der Waals surface area contributed by atoms with Crippen molar-refractivity contribution in [3.63, 3.8) is 0 Å². The van der Waals surface area contributed by atoms with Crippen molar-refractivity contribution < 1.29 is 0 Å². The van der Waals surface area contributed by atoms with Gasteiger partial charge in [-0.3, -0.25) is 9.69 Å². The van der Waals surface area contributed by atoms with Gasteiger partial charge in [-0.15, -0.1) is 12.4 Å². The lowest BCUT2D eigenvalue weighted by Crippen LogP contribution is -2.47. The molecule has 96 valence electrons. The predicted octanol–water partition coefficient (Wildman–Crippen LogP) is 0.892. The summed E-state index contributed by atoms with van der Waals surface area (Å²) in [6.45, 7) is 6.54. The Morgan fingerprint density at radius 1 is 1.53 bits per heavy atom. The summed E-state index contributed by atoms with van der Waals surface area (Å²) in [4.78, 5) is 16.6. The zero-order valence-corrected chi connectivity index (χ0v) is 11.1. The van der Waals surface area contributed by atoms with Crippen molar-refractivity contribution in [1.29, 1.82) is 0 Å². The van der Waals surface area contributed by atoms with Crippen molar-refractivity contribution in [2.45, 2.75) is 32.4 Å². The molecule has 2 rings (SSSR count). The summed E-state index contributed by atoms with van der Waals surface area (Å²) < 4.78 is 0. The number of aromatic nitrogens is 1. The lowest BCUT2D eigenvalue weighted by molar-refractivity contribution is 0.208. The molecule has 4 nitrogen and oxygen atoms in total. The number of hydrogen-bond acceptors (Lipinski definition) is 3. The molecule has 0 amide bonds. The van der Waals surface area contributed by atoms with Crippen molar-refractivity contribution in [2.75, 3.05) is 13.1 Å². The second-order valence-electron chi connectivity index (χ2n) is 5.26. The molecule has 0 bridgehead atoms. The zero-order valence-electron chi connectivity index (χ0n) is 10.3. The van der Waals surface area contributed by atoms with Gasteiger partial charge >= 0.3 is 0 Å². The molecule has 1 aromatic rings. The third-order valence-corrected chi connectivity index (χ3v) is 2.87. The van der Waals surface area contributed by atoms with E-state index in [1.54, 1.807) is 6.20 Å². The van der Waals surface area contributed by atoms with Crippen LogP contribution in [0.5, 0.6) is 0 Å². The number of aromatic amines is 1. The molecular weight excluding hydrogens is 238 g/mol. The van der Waals surface area contributed by atoms with E-state index in [9.17, 15) is 4.79 Å². The maximum absolute atomic E-state index is 11.7. The second kappa shape index (κ2) is 5.21. The Hall–Kier alpha value is -0.840. The lowest BCUT2D eigenvalue weighted by atomic mass is 9.99. The average molecular weight is 258 g/mol. The van der Waals surface area contributed by atoms with E-state index in [4.69, 9.17) is 5.73 Å². The molecule has 0 unspecified atom stereocenters. The number of rotatable bonds is 2. The number of nitrogens with two attached hydrogens (primary N) is 1. The highest BCUT2D eigenvalue weighted by Crippen LogP contribution is 2.16. The Labute approximate surface area is 108 Å². The summed E-state index contributed by atoms with van der Waals surface area (Å²) in [5.41, 5.74) is 7.90. The van der Waals surface area contributed by atoms with Crippen LogP contribution in [0.15, 0.2) is 17.1 Å². The molecule has 0 radical (unpaired) electrons. The van der Waals surface area contributed by atoms with Crippen molar-refractivity contribution in [2.24, 2.45) is 5.73 Å². The normalized spacial score (nSPS) is 16.2. The zero-order chi connectivity index (χ0) is 11.8. The molecule has 0 saturated carbocycles. The van der Waals surface area contributed by atoms with Crippen molar-refractivity contribution in [1.82, 2.24) is 9.88 Å². The highest BCUT2D eigenvalue weighted by atomic mass is 35.5. The molecule has 5 heteroatoms. The van der Waals surface area contributed by atoms with Gasteiger partial charge in [-0.25, -0.2) is 0 Å². The first kappa shape index (κ1) is 14.2. The molecule has 0 spiro atoms. The van der Waals surface area contributed by atoms with Gasteiger partial charge in [0, 0.05) is 36.9 Å². The Morgan fingerprint density at radius 3 is 2.88 bits per heavy atom. The summed E-state index contributed by atoms with van der Waals surface area (Å²) in [6.07, 6.45) is 2.67. The van der Waals surface area contributed by atoms with Crippen LogP contribution in [0.2, 0.25) is 0 Å². The summed E-state index contributed by atoms with van der Waals surface area (Å²) in [5, 5.41) is 0. The van der Waals surface area contributed by atoms with Gasteiger partial charge in [-0.1, -0.05) is 0 Å². The number of hydrogen-bond donors (Lipinski definition) is 2. The number of nitrogens with one attached hydrogen (secondary N) is 1. The molecule has 0 fully saturated rings. The van der Waals surface area contributed by atoms with Crippen molar-refractivity contribution >= 4 is 12.4 Å². The van der Waals surface area contributed by atoms with E-state index < -0.39 is 0 Å². The smallest absolute Gasteiger partial charge is 0.252 e. The van der Waals surface area contributed by atoms with E-state index in [0.29, 0.717) is 6.54 Å². The fraction of sp³-hybridized carbons (Fsp3) is 0.583. The SMILES string of the molecule is CC(C)(N)CN1CCc2cc[nH]c(=O)c2C1.Cl. The van der Waals surface area contributed by atoms with Crippen LogP contribution in [0.3, 0.4) is 0 Å². The van der Waals surface area contributed by atoms with Gasteiger partial charge < -0.3 is 10.7 Å². The predicted molar refractivity (Wildman–Crippen MR) is 71.6 cm³/mol. The largest absolute Gasteiger partial charge is 0.329 e. The van der Waals surface area contributed by atoms with E-state index in [0.717, 1.165) is 25.1 Å². The summed E-state index contributed by atoms with van der Waals surface area (Å²) in [7, 11) is 0. The molecular formula is C12H20ClN3O. The van der Waals surface area contributed by atoms with Crippen LogP contribution in [0.1, 0.15) is 25.0 Å². The lowest BCUT2D eigenvalue weighted by Gasteiger charge is -2.33. The van der Waals surface area contributed by atoms with Gasteiger partial charge in [0.1, 0.15) is 0 Å². The quantitative estimate of drug-likeness (QED) is 0.827. The first-order valence-electron chi connectivity index (χ1n) is 5.66. The highest BCUT2D eigenvalue weighted by Gasteiger charge is 2.22. The highest BCUT2D eigenvalue weighted by molar-refractivity contribution is 5.85. The Morgan fingerprint density at radius 2 is 2.24 bits per heavy atom. The maximum atomic E-state index is 11.7. The van der Waals surface area contributed by atoms with E-state index in [-0.39, 0.29) is 23.5 Å². The molecule has 0 saturated heterocycles. The minimum Gasteiger partial charge on any atom is -0.329 e. The van der Waals surface area contributed by atoms with Gasteiger partial charge in [0.15, 0.2) is 0 Å². The fourth-order valence-electron chi connectivity index (χ4n) is 2.25. The van der Waals surface area contributed by atoms with Gasteiger partial charge in [-0.05, 0) is 31.9 Å². The fourth-order valence-corrected chi connectivity index (χ4v) is 2.25. The van der Waals surface area contributed by atoms with Crippen LogP contribution in [-0.4, -0.2) is 28.5 Å². The van der Waals surface area contributed by atoms with Crippen LogP contribution in [0.4, 0.5) is 0 Å². The minimum absolute atomic E-state index is 0. The van der Waals surface area contributed by atoms with Gasteiger partial charge in [0.05, 0.1) is 0 Å². The molecule has 3 N–H and O–H groups in total. The number of halogens is 1. The third kappa shape index (κ3) is 3.56. The first-order valence-corrected chi connectivity index (χ1v) is 5.66. The number of fused-ring (bicyclic) bond motifs is 1. The van der Waals surface area contributed by atoms with Crippen molar-refractivity contribution in [3.8, 4) is 0 Å². The molecule has 0 atom stereocenters. The van der Waals surface area contributed by atoms with Crippen LogP contribution >= 0.6 is 12.4 Å². The topological polar surface area (TPSA) is 62.1 Å². The second-order valence-corrected chi connectivity index (χ2v) is 5.26. The molecule has 1 aliphatic rings. The van der Waals surface area contributed by atoms with Crippen LogP contribution < -0.4 is 11.3 Å². The standard InChI is InChI=1S/C12H19N3O.ClH/c1-12(2,13)8-15-6-4-9-3-5-14-11(16)10(9)7-15;/h3,5H,4,6-8,13H2,1-2H3,(H,14,16);1H. The first-order chi connectivity index (χ1) is 7.46. The molecule has 0 aliphatic carbocycles. The Kier molecular flexibility index (Phi) is 4.36.